The molecule has 0 spiro atoms. The molecule has 0 aliphatic carbocycles. The molecule has 0 unspecified atom stereocenters. The van der Waals surface area contributed by atoms with Gasteiger partial charge in [0.2, 0.25) is 0 Å². The molecule has 14 heavy (non-hydrogen) atoms. The maximum atomic E-state index is 10.6. The summed E-state index contributed by atoms with van der Waals surface area (Å²) in [7, 11) is 0. The van der Waals surface area contributed by atoms with Gasteiger partial charge in [0, 0.05) is 22.6 Å². The Morgan fingerprint density at radius 3 is 2.57 bits per heavy atom. The zero-order chi connectivity index (χ0) is 10.6. The van der Waals surface area contributed by atoms with Crippen LogP contribution < -0.4 is 4.74 Å². The van der Waals surface area contributed by atoms with E-state index in [0.717, 1.165) is 4.47 Å². The van der Waals surface area contributed by atoms with Crippen LogP contribution in [0.3, 0.4) is 0 Å². The maximum absolute atomic E-state index is 10.6. The van der Waals surface area contributed by atoms with Gasteiger partial charge in [0.25, 0.3) is 0 Å². The number of halogens is 2. The maximum Gasteiger partial charge on any atom is 0.347 e. The van der Waals surface area contributed by atoms with Crippen molar-refractivity contribution < 1.29 is 9.53 Å². The molecular weight excluding hydrogens is 359 g/mol. The van der Waals surface area contributed by atoms with E-state index in [1.165, 1.54) is 0 Å². The molecule has 0 amide bonds. The third kappa shape index (κ3) is 2.49. The lowest BCUT2D eigenvalue weighted by Gasteiger charge is -2.17. The van der Waals surface area contributed by atoms with Crippen LogP contribution in [-0.2, 0) is 0 Å². The summed E-state index contributed by atoms with van der Waals surface area (Å²) in [6.07, 6.45) is 0. The lowest BCUT2D eigenvalue weighted by Crippen LogP contribution is -2.20. The van der Waals surface area contributed by atoms with E-state index in [1.807, 2.05) is 41.6 Å². The van der Waals surface area contributed by atoms with Crippen LogP contribution in [0.1, 0.15) is 17.3 Å². The molecule has 0 bridgehead atoms. The predicted molar refractivity (Wildman–Crippen MR) is 66.6 cm³/mol. The molecule has 0 radical (unpaired) electrons. The van der Waals surface area contributed by atoms with Crippen LogP contribution in [0.4, 0.5) is 0 Å². The van der Waals surface area contributed by atoms with E-state index in [-0.39, 0.29) is 5.97 Å². The zero-order valence-electron chi connectivity index (χ0n) is 7.30. The molecule has 0 N–H and O–H groups in total. The second-order valence-electron chi connectivity index (χ2n) is 2.35. The third-order valence-corrected chi connectivity index (χ3v) is 2.64. The van der Waals surface area contributed by atoms with Gasteiger partial charge in [0.1, 0.15) is 5.56 Å². The number of esters is 1. The molecule has 4 heteroatoms. The van der Waals surface area contributed by atoms with Crippen molar-refractivity contribution in [2.24, 2.45) is 0 Å². The standard InChI is InChI=1S/C7H3BrO2.C3H3I/c8-5-3-1-2-4-6(5)10-7(4)9;1-2-3-4/h1-3H;1H3. The molecule has 1 aliphatic heterocycles. The summed E-state index contributed by atoms with van der Waals surface area (Å²) < 4.78 is 8.22. The molecule has 2 nitrogen and oxygen atoms in total. The van der Waals surface area contributed by atoms with E-state index in [4.69, 9.17) is 4.74 Å². The predicted octanol–water partition coefficient (Wildman–Crippen LogP) is 3.38. The summed E-state index contributed by atoms with van der Waals surface area (Å²) in [5.74, 6) is 3.09. The van der Waals surface area contributed by atoms with Crippen molar-refractivity contribution in [3.05, 3.63) is 28.2 Å². The fourth-order valence-corrected chi connectivity index (χ4v) is 1.32. The molecular formula is C10H6BrIO2. The van der Waals surface area contributed by atoms with E-state index in [9.17, 15) is 4.79 Å². The van der Waals surface area contributed by atoms with E-state index >= 15 is 0 Å². The highest BCUT2D eigenvalue weighted by Crippen LogP contribution is 2.36. The lowest BCUT2D eigenvalue weighted by molar-refractivity contribution is 0.0656. The van der Waals surface area contributed by atoms with Gasteiger partial charge >= 0.3 is 5.97 Å². The molecule has 72 valence electrons. The number of fused-ring (bicyclic) bond motifs is 1. The second kappa shape index (κ2) is 5.37. The Kier molecular flexibility index (Phi) is 4.42. The second-order valence-corrected chi connectivity index (χ2v) is 3.74. The minimum absolute atomic E-state index is 0.240. The molecule has 0 fully saturated rings. The van der Waals surface area contributed by atoms with Gasteiger partial charge < -0.3 is 4.74 Å². The van der Waals surface area contributed by atoms with Crippen molar-refractivity contribution in [1.82, 2.24) is 0 Å². The van der Waals surface area contributed by atoms with Gasteiger partial charge in [-0.05, 0) is 38.9 Å². The molecule has 0 saturated carbocycles. The van der Waals surface area contributed by atoms with Crippen LogP contribution in [0.25, 0.3) is 0 Å². The van der Waals surface area contributed by atoms with Crippen molar-refractivity contribution in [3.63, 3.8) is 0 Å². The van der Waals surface area contributed by atoms with E-state index in [1.54, 1.807) is 6.07 Å². The first-order chi connectivity index (χ1) is 6.70. The molecule has 0 atom stereocenters. The molecule has 0 saturated heterocycles. The molecule has 1 aromatic rings. The third-order valence-electron chi connectivity index (χ3n) is 1.48. The number of hydrogen-bond donors (Lipinski definition) is 0. The normalized spacial score (nSPS) is 10.6. The number of para-hydroxylation sites is 1. The highest BCUT2D eigenvalue weighted by Gasteiger charge is 2.27. The van der Waals surface area contributed by atoms with Gasteiger partial charge in [-0.15, -0.1) is 0 Å². The van der Waals surface area contributed by atoms with Crippen molar-refractivity contribution in [2.45, 2.75) is 6.92 Å². The zero-order valence-corrected chi connectivity index (χ0v) is 11.0. The van der Waals surface area contributed by atoms with Crippen molar-refractivity contribution >= 4 is 44.5 Å². The van der Waals surface area contributed by atoms with Crippen LogP contribution in [0.15, 0.2) is 22.7 Å². The fraction of sp³-hybridized carbons (Fsp3) is 0.100. The SMILES string of the molecule is CC#CI.O=C1Oc2c(Br)cccc21. The number of ether oxygens (including phenoxy) is 1. The highest BCUT2D eigenvalue weighted by molar-refractivity contribution is 14.1. The van der Waals surface area contributed by atoms with Gasteiger partial charge in [-0.25, -0.2) is 4.79 Å². The molecule has 1 heterocycles. The summed E-state index contributed by atoms with van der Waals surface area (Å²) in [6.45, 7) is 1.81. The number of benzene rings is 1. The van der Waals surface area contributed by atoms with Crippen LogP contribution >= 0.6 is 38.5 Å². The van der Waals surface area contributed by atoms with Gasteiger partial charge in [-0.3, -0.25) is 0 Å². The minimum atomic E-state index is -0.240. The molecule has 1 aromatic carbocycles. The van der Waals surface area contributed by atoms with Gasteiger partial charge in [-0.2, -0.15) is 0 Å². The summed E-state index contributed by atoms with van der Waals surface area (Å²) >= 11 is 5.24. The monoisotopic (exact) mass is 364 g/mol. The first-order valence-corrected chi connectivity index (χ1v) is 5.61. The fourth-order valence-electron chi connectivity index (χ4n) is 0.875. The first-order valence-electron chi connectivity index (χ1n) is 3.73. The minimum Gasteiger partial charge on any atom is -0.421 e. The number of carbonyl (C=O) groups excluding carboxylic acids is 1. The summed E-state index contributed by atoms with van der Waals surface area (Å²) in [4.78, 5) is 10.6. The van der Waals surface area contributed by atoms with Gasteiger partial charge in [0.05, 0.1) is 4.47 Å². The summed E-state index contributed by atoms with van der Waals surface area (Å²) in [5.41, 5.74) is 0.661. The number of carbonyl (C=O) groups is 1. The van der Waals surface area contributed by atoms with Gasteiger partial charge in [0.15, 0.2) is 5.75 Å². The Morgan fingerprint density at radius 1 is 1.50 bits per heavy atom. The lowest BCUT2D eigenvalue weighted by atomic mass is 10.1. The van der Waals surface area contributed by atoms with E-state index in [2.05, 4.69) is 25.8 Å². The largest absolute Gasteiger partial charge is 0.421 e. The highest BCUT2D eigenvalue weighted by atomic mass is 127. The van der Waals surface area contributed by atoms with Crippen molar-refractivity contribution in [2.75, 3.05) is 0 Å². The van der Waals surface area contributed by atoms with Crippen LogP contribution in [-0.4, -0.2) is 5.97 Å². The Balaban J connectivity index is 0.000000213. The number of hydrogen-bond acceptors (Lipinski definition) is 2. The topological polar surface area (TPSA) is 26.3 Å². The molecule has 0 aromatic heterocycles. The van der Waals surface area contributed by atoms with Crippen LogP contribution in [0, 0.1) is 9.85 Å². The Hall–Kier alpha value is -0.540. The van der Waals surface area contributed by atoms with E-state index < -0.39 is 0 Å². The van der Waals surface area contributed by atoms with Crippen molar-refractivity contribution in [1.29, 1.82) is 0 Å². The molecule has 1 aliphatic rings. The first kappa shape index (κ1) is 11.5. The van der Waals surface area contributed by atoms with Crippen LogP contribution in [0.2, 0.25) is 0 Å². The average molecular weight is 365 g/mol. The Bertz CT molecular complexity index is 412. The quantitative estimate of drug-likeness (QED) is 0.400. The smallest absolute Gasteiger partial charge is 0.347 e. The van der Waals surface area contributed by atoms with Crippen molar-refractivity contribution in [3.8, 4) is 15.6 Å². The van der Waals surface area contributed by atoms with Crippen LogP contribution in [0.5, 0.6) is 5.75 Å². The van der Waals surface area contributed by atoms with Gasteiger partial charge in [-0.1, -0.05) is 12.0 Å². The summed E-state index contributed by atoms with van der Waals surface area (Å²) in [5, 5.41) is 0. The Morgan fingerprint density at radius 2 is 2.14 bits per heavy atom. The average Bonchev–Trinajstić information content (AvgIpc) is 2.20. The number of rotatable bonds is 0. The van der Waals surface area contributed by atoms with E-state index in [0.29, 0.717) is 11.3 Å². The molecule has 2 rings (SSSR count). The summed E-state index contributed by atoms with van der Waals surface area (Å²) in [6, 6.07) is 5.39. The Labute approximate surface area is 104 Å².